The molecule has 1 N–H and O–H groups in total. The molecule has 0 aliphatic heterocycles. The van der Waals surface area contributed by atoms with Gasteiger partial charge in [-0.05, 0) is 6.42 Å². The van der Waals surface area contributed by atoms with Gasteiger partial charge in [0.2, 0.25) is 5.13 Å². The second-order valence-electron chi connectivity index (χ2n) is 3.77. The van der Waals surface area contributed by atoms with Crippen LogP contribution in [0.3, 0.4) is 0 Å². The Hall–Kier alpha value is -1.08. The molecule has 0 radical (unpaired) electrons. The third kappa shape index (κ3) is 3.52. The van der Waals surface area contributed by atoms with Crippen molar-refractivity contribution in [2.45, 2.75) is 45.6 Å². The van der Waals surface area contributed by atoms with Gasteiger partial charge in [-0.1, -0.05) is 20.8 Å². The van der Waals surface area contributed by atoms with E-state index in [4.69, 9.17) is 6.42 Å². The fourth-order valence-electron chi connectivity index (χ4n) is 1.14. The summed E-state index contributed by atoms with van der Waals surface area (Å²) >= 11 is 1.41. The maximum Gasteiger partial charge on any atom is 0.202 e. The average Bonchev–Trinajstić information content (AvgIpc) is 2.65. The number of anilines is 1. The van der Waals surface area contributed by atoms with Crippen LogP contribution in [0.2, 0.25) is 0 Å². The highest BCUT2D eigenvalue weighted by atomic mass is 32.1. The normalized spacial score (nSPS) is 12.5. The number of hydrogen-bond acceptors (Lipinski definition) is 4. The Morgan fingerprint density at radius 3 is 2.73 bits per heavy atom. The quantitative estimate of drug-likeness (QED) is 0.780. The molecule has 1 aromatic rings. The molecular weight excluding hydrogens is 206 g/mol. The summed E-state index contributed by atoms with van der Waals surface area (Å²) in [6.45, 7) is 6.29. The Balaban J connectivity index is 2.60. The predicted molar refractivity (Wildman–Crippen MR) is 65.1 cm³/mol. The number of hydrogen-bond donors (Lipinski definition) is 1. The van der Waals surface area contributed by atoms with E-state index in [9.17, 15) is 0 Å². The van der Waals surface area contributed by atoms with E-state index in [2.05, 4.69) is 41.4 Å². The van der Waals surface area contributed by atoms with Crippen LogP contribution in [0, 0.1) is 12.3 Å². The Labute approximate surface area is 95.5 Å². The third-order valence-corrected chi connectivity index (χ3v) is 2.80. The molecule has 0 saturated heterocycles. The van der Waals surface area contributed by atoms with Crippen molar-refractivity contribution in [2.75, 3.05) is 5.32 Å². The lowest BCUT2D eigenvalue weighted by Crippen LogP contribution is -2.17. The van der Waals surface area contributed by atoms with Gasteiger partial charge in [-0.2, -0.15) is 4.37 Å². The maximum atomic E-state index is 5.29. The van der Waals surface area contributed by atoms with Crippen LogP contribution in [0.25, 0.3) is 0 Å². The van der Waals surface area contributed by atoms with E-state index in [-0.39, 0.29) is 0 Å². The Kier molecular flexibility index (Phi) is 4.57. The molecule has 15 heavy (non-hydrogen) atoms. The molecule has 1 rings (SSSR count). The zero-order valence-electron chi connectivity index (χ0n) is 9.45. The van der Waals surface area contributed by atoms with Crippen molar-refractivity contribution >= 4 is 16.7 Å². The molecule has 82 valence electrons. The summed E-state index contributed by atoms with van der Waals surface area (Å²) < 4.78 is 4.28. The zero-order valence-corrected chi connectivity index (χ0v) is 10.3. The summed E-state index contributed by atoms with van der Waals surface area (Å²) in [5.74, 6) is 3.94. The smallest absolute Gasteiger partial charge is 0.202 e. The summed E-state index contributed by atoms with van der Waals surface area (Å²) in [6.07, 6.45) is 7.02. The SMILES string of the molecule is C#CCC(CC)Nc1nc(C(C)C)ns1. The third-order valence-electron chi connectivity index (χ3n) is 2.14. The van der Waals surface area contributed by atoms with Crippen molar-refractivity contribution in [3.63, 3.8) is 0 Å². The fraction of sp³-hybridized carbons (Fsp3) is 0.636. The first kappa shape index (κ1) is 12.0. The van der Waals surface area contributed by atoms with Crippen LogP contribution in [-0.4, -0.2) is 15.4 Å². The van der Waals surface area contributed by atoms with Crippen molar-refractivity contribution in [1.82, 2.24) is 9.36 Å². The van der Waals surface area contributed by atoms with Gasteiger partial charge >= 0.3 is 0 Å². The highest BCUT2D eigenvalue weighted by Gasteiger charge is 2.10. The summed E-state index contributed by atoms with van der Waals surface area (Å²) in [4.78, 5) is 4.41. The van der Waals surface area contributed by atoms with Crippen LogP contribution in [0.4, 0.5) is 5.13 Å². The van der Waals surface area contributed by atoms with Crippen molar-refractivity contribution in [1.29, 1.82) is 0 Å². The van der Waals surface area contributed by atoms with Gasteiger partial charge in [0.25, 0.3) is 0 Å². The lowest BCUT2D eigenvalue weighted by Gasteiger charge is -2.11. The largest absolute Gasteiger partial charge is 0.357 e. The molecule has 0 aromatic carbocycles. The molecule has 1 aromatic heterocycles. The van der Waals surface area contributed by atoms with Crippen LogP contribution in [0.5, 0.6) is 0 Å². The number of nitrogens with one attached hydrogen (secondary N) is 1. The minimum atomic E-state index is 0.308. The van der Waals surface area contributed by atoms with E-state index in [0.29, 0.717) is 12.0 Å². The number of terminal acetylenes is 1. The molecule has 0 aliphatic rings. The highest BCUT2D eigenvalue weighted by Crippen LogP contribution is 2.19. The molecule has 0 bridgehead atoms. The maximum absolute atomic E-state index is 5.29. The zero-order chi connectivity index (χ0) is 11.3. The van der Waals surface area contributed by atoms with Crippen LogP contribution in [0.1, 0.15) is 45.4 Å². The molecule has 0 amide bonds. The number of aromatic nitrogens is 2. The van der Waals surface area contributed by atoms with Gasteiger partial charge in [-0.3, -0.25) is 0 Å². The van der Waals surface area contributed by atoms with Crippen molar-refractivity contribution in [3.05, 3.63) is 5.82 Å². The van der Waals surface area contributed by atoms with Gasteiger partial charge in [0, 0.05) is 29.9 Å². The van der Waals surface area contributed by atoms with E-state index in [0.717, 1.165) is 23.8 Å². The topological polar surface area (TPSA) is 37.8 Å². The van der Waals surface area contributed by atoms with Crippen molar-refractivity contribution in [3.8, 4) is 12.3 Å². The molecule has 3 nitrogen and oxygen atoms in total. The van der Waals surface area contributed by atoms with E-state index in [1.807, 2.05) is 0 Å². The van der Waals surface area contributed by atoms with Gasteiger partial charge < -0.3 is 5.32 Å². The molecule has 0 spiro atoms. The minimum absolute atomic E-state index is 0.308. The van der Waals surface area contributed by atoms with Crippen LogP contribution < -0.4 is 5.32 Å². The lowest BCUT2D eigenvalue weighted by atomic mass is 10.2. The molecule has 1 atom stereocenters. The van der Waals surface area contributed by atoms with E-state index in [1.165, 1.54) is 11.5 Å². The fourth-order valence-corrected chi connectivity index (χ4v) is 1.93. The van der Waals surface area contributed by atoms with E-state index < -0.39 is 0 Å². The first-order chi connectivity index (χ1) is 7.17. The molecule has 1 heterocycles. The second kappa shape index (κ2) is 5.72. The Bertz CT molecular complexity index is 338. The van der Waals surface area contributed by atoms with Gasteiger partial charge in [0.05, 0.1) is 0 Å². The van der Waals surface area contributed by atoms with Gasteiger partial charge in [-0.25, -0.2) is 4.98 Å². The summed E-state index contributed by atoms with van der Waals surface area (Å²) in [5.41, 5.74) is 0. The monoisotopic (exact) mass is 223 g/mol. The molecule has 0 aliphatic carbocycles. The summed E-state index contributed by atoms with van der Waals surface area (Å²) in [6, 6.07) is 0.308. The van der Waals surface area contributed by atoms with Crippen LogP contribution in [-0.2, 0) is 0 Å². The molecular formula is C11H17N3S. The van der Waals surface area contributed by atoms with Crippen LogP contribution >= 0.6 is 11.5 Å². The molecule has 1 unspecified atom stereocenters. The second-order valence-corrected chi connectivity index (χ2v) is 4.52. The lowest BCUT2D eigenvalue weighted by molar-refractivity contribution is 0.712. The van der Waals surface area contributed by atoms with Gasteiger partial charge in [0.15, 0.2) is 0 Å². The summed E-state index contributed by atoms with van der Waals surface area (Å²) in [5, 5.41) is 4.18. The highest BCUT2D eigenvalue weighted by molar-refractivity contribution is 7.09. The molecule has 4 heteroatoms. The first-order valence-corrected chi connectivity index (χ1v) is 5.98. The van der Waals surface area contributed by atoms with E-state index in [1.54, 1.807) is 0 Å². The average molecular weight is 223 g/mol. The number of nitrogens with zero attached hydrogens (tertiary/aromatic N) is 2. The molecule has 0 fully saturated rings. The number of rotatable bonds is 5. The van der Waals surface area contributed by atoms with Gasteiger partial charge in [0.1, 0.15) is 5.82 Å². The minimum Gasteiger partial charge on any atom is -0.357 e. The van der Waals surface area contributed by atoms with Crippen molar-refractivity contribution in [2.24, 2.45) is 0 Å². The Morgan fingerprint density at radius 2 is 2.27 bits per heavy atom. The Morgan fingerprint density at radius 1 is 1.53 bits per heavy atom. The van der Waals surface area contributed by atoms with Crippen molar-refractivity contribution < 1.29 is 0 Å². The predicted octanol–water partition coefficient (Wildman–Crippen LogP) is 2.88. The molecule has 0 saturated carbocycles. The summed E-state index contributed by atoms with van der Waals surface area (Å²) in [7, 11) is 0. The van der Waals surface area contributed by atoms with Crippen LogP contribution in [0.15, 0.2) is 0 Å². The first-order valence-electron chi connectivity index (χ1n) is 5.21. The standard InChI is InChI=1S/C11H17N3S/c1-5-7-9(6-2)12-11-13-10(8(3)4)14-15-11/h1,8-9H,6-7H2,2-4H3,(H,12,13,14). The van der Waals surface area contributed by atoms with Gasteiger partial charge in [-0.15, -0.1) is 12.3 Å². The van der Waals surface area contributed by atoms with E-state index >= 15 is 0 Å².